The molecule has 0 saturated carbocycles. The van der Waals surface area contributed by atoms with Gasteiger partial charge in [0.25, 0.3) is 0 Å². The van der Waals surface area contributed by atoms with Gasteiger partial charge in [-0.05, 0) is 46.3 Å². The Bertz CT molecular complexity index is 548. The lowest BCUT2D eigenvalue weighted by Gasteiger charge is -2.23. The molecule has 2 N–H and O–H groups in total. The summed E-state index contributed by atoms with van der Waals surface area (Å²) in [5, 5.41) is 0. The van der Waals surface area contributed by atoms with E-state index in [4.69, 9.17) is 5.73 Å². The van der Waals surface area contributed by atoms with Crippen LogP contribution in [0.15, 0.2) is 16.7 Å². The SMILES string of the molecule is Nc1nc2cc(Br)cnc2n1C1CCSCC1. The number of aromatic nitrogens is 3. The van der Waals surface area contributed by atoms with Crippen molar-refractivity contribution in [3.63, 3.8) is 0 Å². The van der Waals surface area contributed by atoms with Gasteiger partial charge in [0.2, 0.25) is 5.95 Å². The Morgan fingerprint density at radius 2 is 2.18 bits per heavy atom. The average Bonchev–Trinajstić information content (AvgIpc) is 2.65. The van der Waals surface area contributed by atoms with Gasteiger partial charge in [-0.15, -0.1) is 0 Å². The largest absolute Gasteiger partial charge is 0.369 e. The van der Waals surface area contributed by atoms with E-state index in [9.17, 15) is 0 Å². The predicted molar refractivity (Wildman–Crippen MR) is 75.2 cm³/mol. The highest BCUT2D eigenvalue weighted by Crippen LogP contribution is 2.32. The minimum absolute atomic E-state index is 0.454. The number of thioether (sulfide) groups is 1. The number of nitrogens with two attached hydrogens (primary N) is 1. The van der Waals surface area contributed by atoms with Crippen molar-refractivity contribution in [3.05, 3.63) is 16.7 Å². The quantitative estimate of drug-likeness (QED) is 0.879. The molecule has 1 fully saturated rings. The molecule has 3 rings (SSSR count). The molecule has 1 aliphatic heterocycles. The van der Waals surface area contributed by atoms with Crippen LogP contribution < -0.4 is 5.73 Å². The lowest BCUT2D eigenvalue weighted by Crippen LogP contribution is -2.17. The first kappa shape index (κ1) is 11.3. The van der Waals surface area contributed by atoms with E-state index in [1.165, 1.54) is 11.5 Å². The molecule has 0 spiro atoms. The van der Waals surface area contributed by atoms with Crippen LogP contribution in [-0.2, 0) is 0 Å². The second-order valence-corrected chi connectivity index (χ2v) is 6.32. The number of hydrogen-bond acceptors (Lipinski definition) is 4. The number of anilines is 1. The number of hydrogen-bond donors (Lipinski definition) is 1. The molecular weight excluding hydrogens is 300 g/mol. The maximum atomic E-state index is 6.02. The van der Waals surface area contributed by atoms with Crippen molar-refractivity contribution < 1.29 is 0 Å². The Hall–Kier alpha value is -0.750. The van der Waals surface area contributed by atoms with Crippen molar-refractivity contribution in [3.8, 4) is 0 Å². The van der Waals surface area contributed by atoms with Crippen LogP contribution in [0.25, 0.3) is 11.2 Å². The Kier molecular flexibility index (Phi) is 3.00. The maximum absolute atomic E-state index is 6.02. The molecule has 1 aliphatic rings. The molecule has 4 nitrogen and oxygen atoms in total. The molecule has 2 aromatic rings. The van der Waals surface area contributed by atoms with E-state index < -0.39 is 0 Å². The fourth-order valence-corrected chi connectivity index (χ4v) is 3.68. The Labute approximate surface area is 112 Å². The second kappa shape index (κ2) is 4.49. The normalized spacial score (nSPS) is 17.7. The molecule has 0 aromatic carbocycles. The van der Waals surface area contributed by atoms with Gasteiger partial charge in [-0.2, -0.15) is 11.8 Å². The summed E-state index contributed by atoms with van der Waals surface area (Å²) < 4.78 is 3.04. The number of halogens is 1. The summed E-state index contributed by atoms with van der Waals surface area (Å²) in [5.41, 5.74) is 7.80. The summed E-state index contributed by atoms with van der Waals surface area (Å²) in [6.07, 6.45) is 4.10. The van der Waals surface area contributed by atoms with E-state index in [-0.39, 0.29) is 0 Å². The molecule has 0 amide bonds. The van der Waals surface area contributed by atoms with Gasteiger partial charge in [-0.1, -0.05) is 0 Å². The van der Waals surface area contributed by atoms with E-state index in [2.05, 4.69) is 30.5 Å². The van der Waals surface area contributed by atoms with E-state index in [0.717, 1.165) is 28.5 Å². The Balaban J connectivity index is 2.11. The second-order valence-electron chi connectivity index (χ2n) is 4.18. The standard InChI is InChI=1S/C11H13BrN4S/c12-7-5-9-10(14-6-7)16(11(13)15-9)8-1-3-17-4-2-8/h5-6,8H,1-4H2,(H2,13,15). The molecule has 0 unspecified atom stereocenters. The summed E-state index contributed by atoms with van der Waals surface area (Å²) in [7, 11) is 0. The van der Waals surface area contributed by atoms with Crippen LogP contribution in [0.4, 0.5) is 5.95 Å². The van der Waals surface area contributed by atoms with Crippen molar-refractivity contribution >= 4 is 44.8 Å². The third-order valence-corrected chi connectivity index (χ3v) is 4.56. The molecule has 0 bridgehead atoms. The van der Waals surface area contributed by atoms with Crippen molar-refractivity contribution in [2.24, 2.45) is 0 Å². The lowest BCUT2D eigenvalue weighted by molar-refractivity contribution is 0.484. The molecule has 6 heteroatoms. The first-order valence-electron chi connectivity index (χ1n) is 5.62. The molecule has 2 aromatic heterocycles. The van der Waals surface area contributed by atoms with Gasteiger partial charge in [0.15, 0.2) is 5.65 Å². The van der Waals surface area contributed by atoms with Crippen LogP contribution in [0, 0.1) is 0 Å². The third-order valence-electron chi connectivity index (χ3n) is 3.08. The molecule has 17 heavy (non-hydrogen) atoms. The highest BCUT2D eigenvalue weighted by Gasteiger charge is 2.21. The lowest BCUT2D eigenvalue weighted by atomic mass is 10.1. The number of fused-ring (bicyclic) bond motifs is 1. The van der Waals surface area contributed by atoms with Crippen LogP contribution in [0.5, 0.6) is 0 Å². The first-order valence-corrected chi connectivity index (χ1v) is 7.57. The third kappa shape index (κ3) is 2.04. The number of nitrogens with zero attached hydrogens (tertiary/aromatic N) is 3. The zero-order valence-electron chi connectivity index (χ0n) is 9.27. The highest BCUT2D eigenvalue weighted by atomic mass is 79.9. The topological polar surface area (TPSA) is 56.7 Å². The van der Waals surface area contributed by atoms with E-state index in [1.807, 2.05) is 17.8 Å². The summed E-state index contributed by atoms with van der Waals surface area (Å²) in [6, 6.07) is 2.42. The van der Waals surface area contributed by atoms with Crippen molar-refractivity contribution in [1.29, 1.82) is 0 Å². The fraction of sp³-hybridized carbons (Fsp3) is 0.455. The van der Waals surface area contributed by atoms with Gasteiger partial charge in [0.05, 0.1) is 0 Å². The van der Waals surface area contributed by atoms with Crippen LogP contribution in [-0.4, -0.2) is 26.0 Å². The van der Waals surface area contributed by atoms with Gasteiger partial charge in [0.1, 0.15) is 5.52 Å². The summed E-state index contributed by atoms with van der Waals surface area (Å²) in [4.78, 5) is 8.83. The van der Waals surface area contributed by atoms with Crippen molar-refractivity contribution in [2.75, 3.05) is 17.2 Å². The molecule has 0 atom stereocenters. The van der Waals surface area contributed by atoms with Crippen molar-refractivity contribution in [2.45, 2.75) is 18.9 Å². The molecule has 3 heterocycles. The van der Waals surface area contributed by atoms with E-state index in [1.54, 1.807) is 6.20 Å². The summed E-state index contributed by atoms with van der Waals surface area (Å²) >= 11 is 5.41. The number of rotatable bonds is 1. The molecule has 90 valence electrons. The smallest absolute Gasteiger partial charge is 0.202 e. The van der Waals surface area contributed by atoms with Gasteiger partial charge in [-0.25, -0.2) is 9.97 Å². The molecule has 0 radical (unpaired) electrons. The van der Waals surface area contributed by atoms with Gasteiger partial charge >= 0.3 is 0 Å². The Morgan fingerprint density at radius 3 is 2.94 bits per heavy atom. The number of nitrogen functional groups attached to an aromatic ring is 1. The zero-order chi connectivity index (χ0) is 11.8. The Morgan fingerprint density at radius 1 is 1.41 bits per heavy atom. The van der Waals surface area contributed by atoms with Crippen LogP contribution in [0.3, 0.4) is 0 Å². The zero-order valence-corrected chi connectivity index (χ0v) is 11.7. The minimum Gasteiger partial charge on any atom is -0.369 e. The van der Waals surface area contributed by atoms with E-state index >= 15 is 0 Å². The highest BCUT2D eigenvalue weighted by molar-refractivity contribution is 9.10. The summed E-state index contributed by atoms with van der Waals surface area (Å²) in [6.45, 7) is 0. The van der Waals surface area contributed by atoms with Gasteiger partial charge in [-0.3, -0.25) is 4.57 Å². The monoisotopic (exact) mass is 312 g/mol. The van der Waals surface area contributed by atoms with Crippen LogP contribution in [0.2, 0.25) is 0 Å². The average molecular weight is 313 g/mol. The molecule has 1 saturated heterocycles. The predicted octanol–water partition coefficient (Wildman–Crippen LogP) is 2.84. The molecular formula is C11H13BrN4S. The fourth-order valence-electron chi connectivity index (χ4n) is 2.28. The minimum atomic E-state index is 0.454. The maximum Gasteiger partial charge on any atom is 0.202 e. The van der Waals surface area contributed by atoms with Crippen LogP contribution >= 0.6 is 27.7 Å². The summed E-state index contributed by atoms with van der Waals surface area (Å²) in [5.74, 6) is 2.98. The van der Waals surface area contributed by atoms with Crippen molar-refractivity contribution in [1.82, 2.24) is 14.5 Å². The van der Waals surface area contributed by atoms with Gasteiger partial charge < -0.3 is 5.73 Å². The first-order chi connectivity index (χ1) is 8.25. The number of pyridine rings is 1. The molecule has 0 aliphatic carbocycles. The van der Waals surface area contributed by atoms with Crippen LogP contribution in [0.1, 0.15) is 18.9 Å². The number of imidazole rings is 1. The van der Waals surface area contributed by atoms with Gasteiger partial charge in [0, 0.05) is 16.7 Å². The van der Waals surface area contributed by atoms with E-state index in [0.29, 0.717) is 12.0 Å².